The minimum Gasteiger partial charge on any atom is -0.373 e. The van der Waals surface area contributed by atoms with Gasteiger partial charge in [0.1, 0.15) is 6.04 Å². The van der Waals surface area contributed by atoms with E-state index in [0.29, 0.717) is 10.2 Å². The monoisotopic (exact) mass is 295 g/mol. The van der Waals surface area contributed by atoms with Crippen LogP contribution in [0.5, 0.6) is 0 Å². The van der Waals surface area contributed by atoms with E-state index in [9.17, 15) is 4.79 Å². The fraction of sp³-hybridized carbons (Fsp3) is 0.231. The molecule has 0 bridgehead atoms. The lowest BCUT2D eigenvalue weighted by molar-refractivity contribution is -0.116. The van der Waals surface area contributed by atoms with E-state index in [-0.39, 0.29) is 5.91 Å². The molecule has 1 aromatic carbocycles. The minimum absolute atomic E-state index is 0.144. The Balaban J connectivity index is 1.98. The second kappa shape index (κ2) is 6.04. The summed E-state index contributed by atoms with van der Waals surface area (Å²) in [5.41, 5.74) is 1.63. The number of aromatic nitrogens is 1. The quantitative estimate of drug-likeness (QED) is 0.907. The molecule has 100 valence electrons. The van der Waals surface area contributed by atoms with Crippen LogP contribution in [0.1, 0.15) is 12.6 Å². The van der Waals surface area contributed by atoms with Crippen molar-refractivity contribution in [3.8, 4) is 0 Å². The number of hydrogen-bond donors (Lipinski definition) is 2. The fourth-order valence-electron chi connectivity index (χ4n) is 1.50. The van der Waals surface area contributed by atoms with Gasteiger partial charge in [-0.1, -0.05) is 23.7 Å². The van der Waals surface area contributed by atoms with Crippen LogP contribution < -0.4 is 10.6 Å². The third-order valence-electron chi connectivity index (χ3n) is 2.49. The van der Waals surface area contributed by atoms with Crippen LogP contribution in [-0.4, -0.2) is 16.9 Å². The molecule has 19 heavy (non-hydrogen) atoms. The number of benzene rings is 1. The van der Waals surface area contributed by atoms with Crippen molar-refractivity contribution in [1.82, 2.24) is 4.98 Å². The molecule has 0 spiro atoms. The molecular weight excluding hydrogens is 282 g/mol. The molecule has 0 fully saturated rings. The molecule has 1 amide bonds. The largest absolute Gasteiger partial charge is 0.373 e. The predicted molar refractivity (Wildman–Crippen MR) is 80.0 cm³/mol. The van der Waals surface area contributed by atoms with Crippen LogP contribution >= 0.6 is 22.9 Å². The van der Waals surface area contributed by atoms with E-state index in [0.717, 1.165) is 11.4 Å². The molecule has 0 aliphatic heterocycles. The van der Waals surface area contributed by atoms with Gasteiger partial charge in [-0.25, -0.2) is 4.98 Å². The predicted octanol–water partition coefficient (Wildman–Crippen LogP) is 3.54. The number of para-hydroxylation sites is 1. The van der Waals surface area contributed by atoms with Crippen LogP contribution in [0, 0.1) is 6.92 Å². The molecule has 1 heterocycles. The Morgan fingerprint density at radius 1 is 1.42 bits per heavy atom. The van der Waals surface area contributed by atoms with Gasteiger partial charge in [-0.2, -0.15) is 0 Å². The van der Waals surface area contributed by atoms with Crippen LogP contribution in [0.4, 0.5) is 10.8 Å². The highest BCUT2D eigenvalue weighted by molar-refractivity contribution is 7.13. The second-order valence-electron chi connectivity index (χ2n) is 4.13. The van der Waals surface area contributed by atoms with Gasteiger partial charge in [0, 0.05) is 5.38 Å². The molecule has 0 aliphatic carbocycles. The number of nitrogens with one attached hydrogen (secondary N) is 2. The summed E-state index contributed by atoms with van der Waals surface area (Å²) in [5, 5.41) is 8.92. The van der Waals surface area contributed by atoms with Crippen molar-refractivity contribution in [2.24, 2.45) is 0 Å². The first-order valence-electron chi connectivity index (χ1n) is 5.80. The SMILES string of the molecule is Cc1csc(NC(=O)[C@@H](C)Nc2ccccc2Cl)n1. The first kappa shape index (κ1) is 13.8. The lowest BCUT2D eigenvalue weighted by Crippen LogP contribution is -2.31. The molecule has 2 aromatic rings. The Labute approximate surface area is 120 Å². The smallest absolute Gasteiger partial charge is 0.248 e. The molecule has 2 N–H and O–H groups in total. The van der Waals surface area contributed by atoms with E-state index in [2.05, 4.69) is 15.6 Å². The Hall–Kier alpha value is -1.59. The molecule has 0 aliphatic rings. The molecule has 1 aromatic heterocycles. The van der Waals surface area contributed by atoms with E-state index in [1.807, 2.05) is 30.5 Å². The summed E-state index contributed by atoms with van der Waals surface area (Å²) in [6.45, 7) is 3.66. The molecule has 0 radical (unpaired) electrons. The fourth-order valence-corrected chi connectivity index (χ4v) is 2.38. The summed E-state index contributed by atoms with van der Waals surface area (Å²) in [6, 6.07) is 6.92. The third kappa shape index (κ3) is 3.68. The number of anilines is 2. The molecule has 0 saturated heterocycles. The number of amides is 1. The molecule has 2 rings (SSSR count). The van der Waals surface area contributed by atoms with Crippen molar-refractivity contribution >= 4 is 39.7 Å². The van der Waals surface area contributed by atoms with Gasteiger partial charge in [-0.3, -0.25) is 4.79 Å². The van der Waals surface area contributed by atoms with E-state index in [4.69, 9.17) is 11.6 Å². The highest BCUT2D eigenvalue weighted by Gasteiger charge is 2.15. The molecular formula is C13H14ClN3OS. The Bertz CT molecular complexity index is 585. The Kier molecular flexibility index (Phi) is 4.39. The van der Waals surface area contributed by atoms with Crippen molar-refractivity contribution < 1.29 is 4.79 Å². The van der Waals surface area contributed by atoms with E-state index in [1.165, 1.54) is 11.3 Å². The van der Waals surface area contributed by atoms with Crippen molar-refractivity contribution in [3.05, 3.63) is 40.4 Å². The van der Waals surface area contributed by atoms with Crippen LogP contribution in [-0.2, 0) is 4.79 Å². The van der Waals surface area contributed by atoms with Gasteiger partial charge in [-0.05, 0) is 26.0 Å². The molecule has 6 heteroatoms. The van der Waals surface area contributed by atoms with Gasteiger partial charge >= 0.3 is 0 Å². The zero-order chi connectivity index (χ0) is 13.8. The number of carbonyl (C=O) groups excluding carboxylic acids is 1. The van der Waals surface area contributed by atoms with Crippen molar-refractivity contribution in [1.29, 1.82) is 0 Å². The lowest BCUT2D eigenvalue weighted by atomic mass is 10.2. The van der Waals surface area contributed by atoms with E-state index >= 15 is 0 Å². The van der Waals surface area contributed by atoms with Crippen LogP contribution in [0.2, 0.25) is 5.02 Å². The highest BCUT2D eigenvalue weighted by Crippen LogP contribution is 2.21. The molecule has 1 atom stereocenters. The lowest BCUT2D eigenvalue weighted by Gasteiger charge is -2.15. The number of rotatable bonds is 4. The van der Waals surface area contributed by atoms with Gasteiger partial charge < -0.3 is 10.6 Å². The molecule has 4 nitrogen and oxygen atoms in total. The number of nitrogens with zero attached hydrogens (tertiary/aromatic N) is 1. The topological polar surface area (TPSA) is 54.0 Å². The van der Waals surface area contributed by atoms with Gasteiger partial charge in [-0.15, -0.1) is 11.3 Å². The summed E-state index contributed by atoms with van der Waals surface area (Å²) in [6.07, 6.45) is 0. The number of aryl methyl sites for hydroxylation is 1. The Morgan fingerprint density at radius 2 is 2.16 bits per heavy atom. The summed E-state index contributed by atoms with van der Waals surface area (Å²) in [4.78, 5) is 16.2. The van der Waals surface area contributed by atoms with Gasteiger partial charge in [0.05, 0.1) is 16.4 Å². The first-order valence-corrected chi connectivity index (χ1v) is 7.06. The summed E-state index contributed by atoms with van der Waals surface area (Å²) in [7, 11) is 0. The summed E-state index contributed by atoms with van der Waals surface area (Å²) in [5.74, 6) is -0.144. The zero-order valence-electron chi connectivity index (χ0n) is 10.6. The maximum atomic E-state index is 12.0. The third-order valence-corrected chi connectivity index (χ3v) is 3.69. The minimum atomic E-state index is -0.399. The standard InChI is InChI=1S/C13H14ClN3OS/c1-8-7-19-13(15-8)17-12(18)9(2)16-11-6-4-3-5-10(11)14/h3-7,9,16H,1-2H3,(H,15,17,18)/t9-/m1/s1. The average Bonchev–Trinajstić information content (AvgIpc) is 2.77. The summed E-state index contributed by atoms with van der Waals surface area (Å²) >= 11 is 7.44. The van der Waals surface area contributed by atoms with Crippen molar-refractivity contribution in [2.75, 3.05) is 10.6 Å². The molecule has 0 unspecified atom stereocenters. The van der Waals surface area contributed by atoms with Crippen LogP contribution in [0.15, 0.2) is 29.6 Å². The number of carbonyl (C=O) groups is 1. The van der Waals surface area contributed by atoms with Crippen LogP contribution in [0.25, 0.3) is 0 Å². The maximum absolute atomic E-state index is 12.0. The zero-order valence-corrected chi connectivity index (χ0v) is 12.2. The second-order valence-corrected chi connectivity index (χ2v) is 5.39. The number of halogens is 1. The number of thiazole rings is 1. The van der Waals surface area contributed by atoms with Gasteiger partial charge in [0.2, 0.25) is 5.91 Å². The Morgan fingerprint density at radius 3 is 2.79 bits per heavy atom. The maximum Gasteiger partial charge on any atom is 0.248 e. The summed E-state index contributed by atoms with van der Waals surface area (Å²) < 4.78 is 0. The normalized spacial score (nSPS) is 11.9. The van der Waals surface area contributed by atoms with Crippen LogP contribution in [0.3, 0.4) is 0 Å². The van der Waals surface area contributed by atoms with Gasteiger partial charge in [0.25, 0.3) is 0 Å². The van der Waals surface area contributed by atoms with E-state index < -0.39 is 6.04 Å². The highest BCUT2D eigenvalue weighted by atomic mass is 35.5. The molecule has 0 saturated carbocycles. The van der Waals surface area contributed by atoms with Crippen molar-refractivity contribution in [3.63, 3.8) is 0 Å². The average molecular weight is 296 g/mol. The number of hydrogen-bond acceptors (Lipinski definition) is 4. The first-order chi connectivity index (χ1) is 9.06. The van der Waals surface area contributed by atoms with Crippen molar-refractivity contribution in [2.45, 2.75) is 19.9 Å². The van der Waals surface area contributed by atoms with E-state index in [1.54, 1.807) is 13.0 Å². The van der Waals surface area contributed by atoms with Gasteiger partial charge in [0.15, 0.2) is 5.13 Å².